The lowest BCUT2D eigenvalue weighted by atomic mass is 10.0. The van der Waals surface area contributed by atoms with Crippen LogP contribution in [0, 0.1) is 0 Å². The van der Waals surface area contributed by atoms with Crippen molar-refractivity contribution in [2.75, 3.05) is 11.1 Å². The number of nitrogens with one attached hydrogen (secondary N) is 1. The lowest BCUT2D eigenvalue weighted by Crippen LogP contribution is -2.06. The SMILES string of the molecule is Nc1ccc2c(c1NC=O)C(=O)c1cscc1-2. The highest BCUT2D eigenvalue weighted by atomic mass is 32.1. The molecule has 0 radical (unpaired) electrons. The van der Waals surface area contributed by atoms with Crippen LogP contribution in [0.1, 0.15) is 15.9 Å². The molecule has 1 heterocycles. The number of amides is 1. The number of rotatable bonds is 2. The molecule has 0 unspecified atom stereocenters. The van der Waals surface area contributed by atoms with Gasteiger partial charge in [-0.1, -0.05) is 6.07 Å². The molecule has 0 spiro atoms. The Morgan fingerprint density at radius 2 is 1.94 bits per heavy atom. The Morgan fingerprint density at radius 1 is 1.18 bits per heavy atom. The van der Waals surface area contributed by atoms with Crippen molar-refractivity contribution in [1.29, 1.82) is 0 Å². The first-order chi connectivity index (χ1) is 8.24. The first kappa shape index (κ1) is 10.0. The molecule has 2 aromatic rings. The molecule has 3 N–H and O–H groups in total. The van der Waals surface area contributed by atoms with Crippen LogP contribution in [0.5, 0.6) is 0 Å². The topological polar surface area (TPSA) is 72.2 Å². The van der Waals surface area contributed by atoms with Crippen molar-refractivity contribution in [1.82, 2.24) is 0 Å². The van der Waals surface area contributed by atoms with Crippen LogP contribution in [-0.4, -0.2) is 12.2 Å². The molecule has 3 rings (SSSR count). The zero-order valence-electron chi connectivity index (χ0n) is 8.69. The van der Waals surface area contributed by atoms with Gasteiger partial charge in [-0.3, -0.25) is 9.59 Å². The number of ketones is 1. The maximum absolute atomic E-state index is 12.2. The van der Waals surface area contributed by atoms with E-state index >= 15 is 0 Å². The van der Waals surface area contributed by atoms with E-state index in [-0.39, 0.29) is 5.78 Å². The predicted molar refractivity (Wildman–Crippen MR) is 67.3 cm³/mol. The van der Waals surface area contributed by atoms with E-state index in [0.29, 0.717) is 28.9 Å². The van der Waals surface area contributed by atoms with E-state index in [1.165, 1.54) is 11.3 Å². The summed E-state index contributed by atoms with van der Waals surface area (Å²) >= 11 is 1.49. The van der Waals surface area contributed by atoms with Gasteiger partial charge in [0.2, 0.25) is 6.41 Å². The zero-order valence-corrected chi connectivity index (χ0v) is 9.51. The van der Waals surface area contributed by atoms with Crippen LogP contribution in [-0.2, 0) is 4.79 Å². The van der Waals surface area contributed by atoms with Gasteiger partial charge in [0.15, 0.2) is 5.78 Å². The third-order valence-electron chi connectivity index (χ3n) is 2.86. The van der Waals surface area contributed by atoms with Crippen LogP contribution >= 0.6 is 11.3 Å². The summed E-state index contributed by atoms with van der Waals surface area (Å²) in [6.07, 6.45) is 0.533. The molecule has 1 amide bonds. The monoisotopic (exact) mass is 244 g/mol. The van der Waals surface area contributed by atoms with E-state index in [1.54, 1.807) is 6.07 Å². The molecule has 0 fully saturated rings. The molecule has 17 heavy (non-hydrogen) atoms. The average molecular weight is 244 g/mol. The van der Waals surface area contributed by atoms with Crippen LogP contribution in [0.4, 0.5) is 11.4 Å². The number of nitrogens with two attached hydrogens (primary N) is 1. The summed E-state index contributed by atoms with van der Waals surface area (Å²) in [4.78, 5) is 22.8. The predicted octanol–water partition coefficient (Wildman–Crippen LogP) is 2.11. The summed E-state index contributed by atoms with van der Waals surface area (Å²) in [5.74, 6) is -0.0760. The second-order valence-electron chi connectivity index (χ2n) is 3.74. The number of hydrogen-bond donors (Lipinski definition) is 2. The van der Waals surface area contributed by atoms with Crippen molar-refractivity contribution >= 4 is 34.9 Å². The molecule has 4 nitrogen and oxygen atoms in total. The molecule has 0 atom stereocenters. The number of anilines is 2. The molecule has 1 aliphatic carbocycles. The lowest BCUT2D eigenvalue weighted by molar-refractivity contribution is -0.105. The van der Waals surface area contributed by atoms with Crippen molar-refractivity contribution in [2.45, 2.75) is 0 Å². The molecule has 84 valence electrons. The first-order valence-electron chi connectivity index (χ1n) is 4.98. The normalized spacial score (nSPS) is 12.1. The maximum Gasteiger partial charge on any atom is 0.211 e. The van der Waals surface area contributed by atoms with Gasteiger partial charge in [0.1, 0.15) is 0 Å². The molecule has 1 aliphatic rings. The molecule has 1 aromatic carbocycles. The average Bonchev–Trinajstić information content (AvgIpc) is 2.87. The van der Waals surface area contributed by atoms with Crippen LogP contribution in [0.15, 0.2) is 22.9 Å². The Balaban J connectivity index is 2.33. The van der Waals surface area contributed by atoms with E-state index in [4.69, 9.17) is 5.73 Å². The van der Waals surface area contributed by atoms with Crippen LogP contribution in [0.25, 0.3) is 11.1 Å². The van der Waals surface area contributed by atoms with Gasteiger partial charge < -0.3 is 11.1 Å². The minimum Gasteiger partial charge on any atom is -0.397 e. The van der Waals surface area contributed by atoms with E-state index < -0.39 is 0 Å². The molecule has 1 aromatic heterocycles. The quantitative estimate of drug-likeness (QED) is 0.535. The van der Waals surface area contributed by atoms with E-state index in [0.717, 1.165) is 11.1 Å². The fourth-order valence-corrected chi connectivity index (χ4v) is 2.94. The van der Waals surface area contributed by atoms with Crippen LogP contribution < -0.4 is 11.1 Å². The van der Waals surface area contributed by atoms with Crippen molar-refractivity contribution in [3.8, 4) is 11.1 Å². The number of thiophene rings is 1. The summed E-state index contributed by atoms with van der Waals surface area (Å²) < 4.78 is 0. The van der Waals surface area contributed by atoms with E-state index in [2.05, 4.69) is 5.32 Å². The van der Waals surface area contributed by atoms with Gasteiger partial charge in [0.05, 0.1) is 16.9 Å². The summed E-state index contributed by atoms with van der Waals surface area (Å²) in [6, 6.07) is 3.52. The largest absolute Gasteiger partial charge is 0.397 e. The molecule has 0 saturated heterocycles. The number of fused-ring (bicyclic) bond motifs is 3. The van der Waals surface area contributed by atoms with Gasteiger partial charge in [-0.05, 0) is 17.0 Å². The zero-order chi connectivity index (χ0) is 12.0. The molecular formula is C12H8N2O2S. The lowest BCUT2D eigenvalue weighted by Gasteiger charge is -2.09. The van der Waals surface area contributed by atoms with Crippen molar-refractivity contribution < 1.29 is 9.59 Å². The van der Waals surface area contributed by atoms with Crippen molar-refractivity contribution in [2.24, 2.45) is 0 Å². The second kappa shape index (κ2) is 3.43. The van der Waals surface area contributed by atoms with E-state index in [1.807, 2.05) is 16.8 Å². The summed E-state index contributed by atoms with van der Waals surface area (Å²) in [5.41, 5.74) is 9.52. The summed E-state index contributed by atoms with van der Waals surface area (Å²) in [7, 11) is 0. The Hall–Kier alpha value is -2.14. The van der Waals surface area contributed by atoms with Crippen molar-refractivity contribution in [3.05, 3.63) is 34.0 Å². The van der Waals surface area contributed by atoms with Crippen LogP contribution in [0.3, 0.4) is 0 Å². The maximum atomic E-state index is 12.2. The third-order valence-corrected chi connectivity index (χ3v) is 3.61. The minimum absolute atomic E-state index is 0.0760. The molecular weight excluding hydrogens is 236 g/mol. The number of carbonyl (C=O) groups excluding carboxylic acids is 2. The standard InChI is InChI=1S/C12H8N2O2S/c13-9-2-1-6-7-3-17-4-8(7)12(16)10(6)11(9)14-5-15/h1-5H,13H2,(H,14,15). The van der Waals surface area contributed by atoms with Crippen molar-refractivity contribution in [3.63, 3.8) is 0 Å². The van der Waals surface area contributed by atoms with E-state index in [9.17, 15) is 9.59 Å². The van der Waals surface area contributed by atoms with Crippen LogP contribution in [0.2, 0.25) is 0 Å². The molecule has 0 saturated carbocycles. The Kier molecular flexibility index (Phi) is 2.02. The Bertz CT molecular complexity index is 646. The van der Waals surface area contributed by atoms with Gasteiger partial charge in [0.25, 0.3) is 0 Å². The number of carbonyl (C=O) groups is 2. The highest BCUT2D eigenvalue weighted by molar-refractivity contribution is 7.08. The highest BCUT2D eigenvalue weighted by Gasteiger charge is 2.30. The minimum atomic E-state index is -0.0760. The number of hydrogen-bond acceptors (Lipinski definition) is 4. The molecule has 0 bridgehead atoms. The Morgan fingerprint density at radius 3 is 2.71 bits per heavy atom. The van der Waals surface area contributed by atoms with Gasteiger partial charge in [-0.2, -0.15) is 11.3 Å². The third kappa shape index (κ3) is 1.23. The van der Waals surface area contributed by atoms with Gasteiger partial charge in [-0.25, -0.2) is 0 Å². The molecule has 5 heteroatoms. The van der Waals surface area contributed by atoms with Gasteiger partial charge in [-0.15, -0.1) is 0 Å². The smallest absolute Gasteiger partial charge is 0.211 e. The fraction of sp³-hybridized carbons (Fsp3) is 0. The first-order valence-corrected chi connectivity index (χ1v) is 5.92. The number of benzene rings is 1. The number of nitrogen functional groups attached to an aromatic ring is 1. The summed E-state index contributed by atoms with van der Waals surface area (Å²) in [6.45, 7) is 0. The highest BCUT2D eigenvalue weighted by Crippen LogP contribution is 2.43. The fourth-order valence-electron chi connectivity index (χ4n) is 2.11. The Labute approximate surface area is 101 Å². The second-order valence-corrected chi connectivity index (χ2v) is 4.49. The molecule has 0 aliphatic heterocycles. The van der Waals surface area contributed by atoms with Gasteiger partial charge in [0, 0.05) is 16.5 Å². The summed E-state index contributed by atoms with van der Waals surface area (Å²) in [5, 5.41) is 6.26. The van der Waals surface area contributed by atoms with Gasteiger partial charge >= 0.3 is 0 Å².